The summed E-state index contributed by atoms with van der Waals surface area (Å²) in [5.74, 6) is 2.24. The highest BCUT2D eigenvalue weighted by Crippen LogP contribution is 2.32. The average molecular weight is 304 g/mol. The van der Waals surface area contributed by atoms with Gasteiger partial charge in [-0.15, -0.1) is 6.42 Å². The van der Waals surface area contributed by atoms with Gasteiger partial charge in [0.25, 0.3) is 0 Å². The Hall–Kier alpha value is -3.32. The number of aromatic amines is 1. The maximum Gasteiger partial charge on any atom is 0.139 e. The molecule has 1 aromatic heterocycles. The number of para-hydroxylation sites is 1. The van der Waals surface area contributed by atoms with Gasteiger partial charge in [0.15, 0.2) is 0 Å². The van der Waals surface area contributed by atoms with Crippen LogP contribution in [-0.4, -0.2) is 10.1 Å². The summed E-state index contributed by atoms with van der Waals surface area (Å²) < 4.78 is 13.1. The third kappa shape index (κ3) is 2.72. The Morgan fingerprint density at radius 1 is 1.04 bits per heavy atom. The quantitative estimate of drug-likeness (QED) is 0.622. The molecule has 0 amide bonds. The van der Waals surface area contributed by atoms with Gasteiger partial charge in [0.2, 0.25) is 0 Å². The van der Waals surface area contributed by atoms with Gasteiger partial charge in [0.05, 0.1) is 5.56 Å². The summed E-state index contributed by atoms with van der Waals surface area (Å²) in [5, 5.41) is 18.2. The maximum atomic E-state index is 13.1. The summed E-state index contributed by atoms with van der Waals surface area (Å²) in [7, 11) is 0. The molecule has 0 aliphatic rings. The SMILES string of the molecule is C#Cc1c(-c2ccccc2O)cc(-c2ccc(F)cc2)[nH]c1=N. The molecule has 0 radical (unpaired) electrons. The lowest BCUT2D eigenvalue weighted by Crippen LogP contribution is -2.13. The zero-order valence-corrected chi connectivity index (χ0v) is 12.1. The molecule has 1 heterocycles. The third-order valence-electron chi connectivity index (χ3n) is 3.56. The Kier molecular flexibility index (Phi) is 3.70. The number of rotatable bonds is 2. The average Bonchev–Trinajstić information content (AvgIpc) is 2.55. The summed E-state index contributed by atoms with van der Waals surface area (Å²) in [4.78, 5) is 2.91. The highest BCUT2D eigenvalue weighted by Gasteiger charge is 2.12. The van der Waals surface area contributed by atoms with Crippen molar-refractivity contribution in [1.29, 1.82) is 5.41 Å². The van der Waals surface area contributed by atoms with Gasteiger partial charge >= 0.3 is 0 Å². The van der Waals surface area contributed by atoms with Crippen molar-refractivity contribution in [3.8, 4) is 40.5 Å². The number of phenolic OH excluding ortho intramolecular Hbond substituents is 1. The first-order valence-corrected chi connectivity index (χ1v) is 6.93. The van der Waals surface area contributed by atoms with Crippen molar-refractivity contribution in [2.24, 2.45) is 0 Å². The molecule has 0 atom stereocenters. The second kappa shape index (κ2) is 5.82. The highest BCUT2D eigenvalue weighted by molar-refractivity contribution is 5.78. The van der Waals surface area contributed by atoms with Crippen molar-refractivity contribution >= 4 is 0 Å². The van der Waals surface area contributed by atoms with Gasteiger partial charge < -0.3 is 10.1 Å². The van der Waals surface area contributed by atoms with Crippen LogP contribution in [-0.2, 0) is 0 Å². The van der Waals surface area contributed by atoms with E-state index in [-0.39, 0.29) is 17.1 Å². The van der Waals surface area contributed by atoms with Crippen molar-refractivity contribution in [3.05, 3.63) is 71.5 Å². The number of halogens is 1. The monoisotopic (exact) mass is 304 g/mol. The number of hydrogen-bond acceptors (Lipinski definition) is 2. The van der Waals surface area contributed by atoms with Crippen LogP contribution in [0.25, 0.3) is 22.4 Å². The first-order valence-electron chi connectivity index (χ1n) is 6.93. The van der Waals surface area contributed by atoms with Gasteiger partial charge in [0.1, 0.15) is 17.1 Å². The van der Waals surface area contributed by atoms with Gasteiger partial charge in [-0.1, -0.05) is 24.1 Å². The van der Waals surface area contributed by atoms with Crippen LogP contribution in [0.2, 0.25) is 0 Å². The maximum absolute atomic E-state index is 13.1. The zero-order valence-electron chi connectivity index (χ0n) is 12.1. The molecular formula is C19H13FN2O. The van der Waals surface area contributed by atoms with Crippen molar-refractivity contribution < 1.29 is 9.50 Å². The van der Waals surface area contributed by atoms with E-state index in [9.17, 15) is 9.50 Å². The number of terminal acetylenes is 1. The first kappa shape index (κ1) is 14.6. The Bertz CT molecular complexity index is 966. The van der Waals surface area contributed by atoms with Crippen LogP contribution >= 0.6 is 0 Å². The Labute approximate surface area is 132 Å². The minimum atomic E-state index is -0.332. The molecule has 112 valence electrons. The summed E-state index contributed by atoms with van der Waals surface area (Å²) in [6, 6.07) is 14.5. The molecule has 0 saturated heterocycles. The van der Waals surface area contributed by atoms with Gasteiger partial charge in [-0.2, -0.15) is 0 Å². The molecule has 0 bridgehead atoms. The molecule has 3 aromatic rings. The molecule has 0 saturated carbocycles. The standard InChI is InChI=1S/C19H13FN2O/c1-2-14-16(15-5-3-4-6-18(15)23)11-17(22-19(14)21)12-7-9-13(20)10-8-12/h1,3-11,23H,(H2,21,22). The third-order valence-corrected chi connectivity index (χ3v) is 3.56. The van der Waals surface area contributed by atoms with E-state index in [1.165, 1.54) is 12.1 Å². The van der Waals surface area contributed by atoms with Crippen molar-refractivity contribution in [2.75, 3.05) is 0 Å². The summed E-state index contributed by atoms with van der Waals surface area (Å²) >= 11 is 0. The predicted molar refractivity (Wildman–Crippen MR) is 87.1 cm³/mol. The number of aromatic nitrogens is 1. The fraction of sp³-hybridized carbons (Fsp3) is 0. The van der Waals surface area contributed by atoms with E-state index in [2.05, 4.69) is 10.9 Å². The number of hydrogen-bond donors (Lipinski definition) is 3. The van der Waals surface area contributed by atoms with Gasteiger partial charge in [0, 0.05) is 16.8 Å². The Morgan fingerprint density at radius 3 is 2.39 bits per heavy atom. The van der Waals surface area contributed by atoms with E-state index in [0.29, 0.717) is 22.4 Å². The minimum absolute atomic E-state index is 0.0626. The van der Waals surface area contributed by atoms with E-state index in [1.54, 1.807) is 42.5 Å². The second-order valence-corrected chi connectivity index (χ2v) is 5.02. The van der Waals surface area contributed by atoms with E-state index >= 15 is 0 Å². The van der Waals surface area contributed by atoms with Crippen LogP contribution in [0.5, 0.6) is 5.75 Å². The second-order valence-electron chi connectivity index (χ2n) is 5.02. The molecule has 3 N–H and O–H groups in total. The van der Waals surface area contributed by atoms with E-state index in [0.717, 1.165) is 5.56 Å². The molecule has 0 aliphatic heterocycles. The summed E-state index contributed by atoms with van der Waals surface area (Å²) in [6.45, 7) is 0. The van der Waals surface area contributed by atoms with Gasteiger partial charge in [-0.25, -0.2) is 4.39 Å². The lowest BCUT2D eigenvalue weighted by Gasteiger charge is -2.11. The number of aromatic hydroxyl groups is 1. The summed E-state index contributed by atoms with van der Waals surface area (Å²) in [5.41, 5.74) is 2.89. The first-order chi connectivity index (χ1) is 11.1. The van der Waals surface area contributed by atoms with Crippen LogP contribution in [0.15, 0.2) is 54.6 Å². The van der Waals surface area contributed by atoms with Crippen LogP contribution in [0, 0.1) is 23.6 Å². The number of phenols is 1. The molecule has 0 fully saturated rings. The number of H-pyrrole nitrogens is 1. The van der Waals surface area contributed by atoms with Crippen molar-refractivity contribution in [2.45, 2.75) is 0 Å². The van der Waals surface area contributed by atoms with Crippen LogP contribution < -0.4 is 5.49 Å². The van der Waals surface area contributed by atoms with Gasteiger partial charge in [-0.05, 0) is 42.0 Å². The largest absolute Gasteiger partial charge is 0.507 e. The van der Waals surface area contributed by atoms with Crippen molar-refractivity contribution in [1.82, 2.24) is 4.98 Å². The zero-order chi connectivity index (χ0) is 16.4. The van der Waals surface area contributed by atoms with E-state index in [1.807, 2.05) is 0 Å². The van der Waals surface area contributed by atoms with Gasteiger partial charge in [-0.3, -0.25) is 5.41 Å². The number of benzene rings is 2. The molecule has 0 aliphatic carbocycles. The normalized spacial score (nSPS) is 10.3. The van der Waals surface area contributed by atoms with Crippen molar-refractivity contribution in [3.63, 3.8) is 0 Å². The predicted octanol–water partition coefficient (Wildman–Crippen LogP) is 3.65. The fourth-order valence-corrected chi connectivity index (χ4v) is 2.43. The smallest absolute Gasteiger partial charge is 0.139 e. The Morgan fingerprint density at radius 2 is 1.74 bits per heavy atom. The molecule has 3 nitrogen and oxygen atoms in total. The van der Waals surface area contributed by atoms with E-state index in [4.69, 9.17) is 11.8 Å². The molecule has 0 unspecified atom stereocenters. The molecule has 2 aromatic carbocycles. The lowest BCUT2D eigenvalue weighted by molar-refractivity contribution is 0.477. The van der Waals surface area contributed by atoms with Crippen LogP contribution in [0.1, 0.15) is 5.56 Å². The highest BCUT2D eigenvalue weighted by atomic mass is 19.1. The van der Waals surface area contributed by atoms with E-state index < -0.39 is 0 Å². The molecule has 3 rings (SSSR count). The fourth-order valence-electron chi connectivity index (χ4n) is 2.43. The van der Waals surface area contributed by atoms with Crippen LogP contribution in [0.3, 0.4) is 0 Å². The van der Waals surface area contributed by atoms with Crippen LogP contribution in [0.4, 0.5) is 4.39 Å². The molecule has 0 spiro atoms. The number of pyridine rings is 1. The lowest BCUT2D eigenvalue weighted by atomic mass is 9.98. The minimum Gasteiger partial charge on any atom is -0.507 e. The molecular weight excluding hydrogens is 291 g/mol. The summed E-state index contributed by atoms with van der Waals surface area (Å²) in [6.07, 6.45) is 5.53. The Balaban J connectivity index is 2.27. The topological polar surface area (TPSA) is 59.9 Å². The molecule has 4 heteroatoms. The number of nitrogens with one attached hydrogen (secondary N) is 2. The molecule has 23 heavy (non-hydrogen) atoms.